The lowest BCUT2D eigenvalue weighted by Crippen LogP contribution is -2.24. The van der Waals surface area contributed by atoms with E-state index in [1.165, 1.54) is 69.8 Å². The van der Waals surface area contributed by atoms with Crippen molar-refractivity contribution < 1.29 is 0 Å². The fraction of sp³-hybridized carbons (Fsp3) is 0.0244. The first-order valence-corrected chi connectivity index (χ1v) is 15.9. The molecule has 0 saturated carbocycles. The Morgan fingerprint density at radius 3 is 2.02 bits per heavy atom. The van der Waals surface area contributed by atoms with Crippen LogP contribution in [0.5, 0.6) is 0 Å². The third kappa shape index (κ3) is 4.01. The van der Waals surface area contributed by atoms with E-state index in [1.54, 1.807) is 0 Å². The molecule has 8 aromatic rings. The Morgan fingerprint density at radius 1 is 0.523 bits per heavy atom. The zero-order valence-electron chi connectivity index (χ0n) is 24.0. The van der Waals surface area contributed by atoms with Crippen molar-refractivity contribution in [3.05, 3.63) is 157 Å². The van der Waals surface area contributed by atoms with Crippen LogP contribution in [0.3, 0.4) is 0 Å². The molecule has 0 saturated heterocycles. The Morgan fingerprint density at radius 2 is 1.18 bits per heavy atom. The number of thiophene rings is 1. The van der Waals surface area contributed by atoms with Gasteiger partial charge in [-0.3, -0.25) is 0 Å². The molecule has 2 heterocycles. The fourth-order valence-corrected chi connectivity index (χ4v) is 7.90. The molecule has 0 spiro atoms. The molecular weight excluding hydrogens is 553 g/mol. The molecule has 1 aromatic heterocycles. The van der Waals surface area contributed by atoms with Gasteiger partial charge in [0.25, 0.3) is 0 Å². The molecule has 1 aliphatic rings. The number of anilines is 3. The SMILES string of the molecule is C1=C(N(c2ccccc2)c2ccc(-c3cc4c5ccccc5ccc4c4ccccc34)cc2)CNc2sc3ccccc3c21. The maximum atomic E-state index is 3.72. The molecule has 0 bridgehead atoms. The number of benzene rings is 7. The molecule has 0 unspecified atom stereocenters. The lowest BCUT2D eigenvalue weighted by atomic mass is 9.91. The summed E-state index contributed by atoms with van der Waals surface area (Å²) in [5.74, 6) is 0. The van der Waals surface area contributed by atoms with Crippen molar-refractivity contribution >= 4 is 76.2 Å². The van der Waals surface area contributed by atoms with Crippen LogP contribution in [-0.4, -0.2) is 6.54 Å². The number of hydrogen-bond donors (Lipinski definition) is 1. The van der Waals surface area contributed by atoms with Gasteiger partial charge in [-0.2, -0.15) is 0 Å². The molecule has 7 aromatic carbocycles. The molecule has 9 rings (SSSR count). The molecule has 1 aliphatic heterocycles. The summed E-state index contributed by atoms with van der Waals surface area (Å²) in [5.41, 5.74) is 7.28. The standard InChI is InChI=1S/C41H28N2S/c1-2-11-29(12-3-1)43(31-24-39-36-16-8-9-17-40(36)44-41(39)42-26-31)30-21-18-28(19-22-30)37-25-38-32-13-5-4-10-27(32)20-23-35(38)33-14-6-7-15-34(33)37/h1-25,42H,26H2. The van der Waals surface area contributed by atoms with Crippen LogP contribution in [-0.2, 0) is 0 Å². The van der Waals surface area contributed by atoms with Crippen molar-refractivity contribution in [3.8, 4) is 11.1 Å². The normalized spacial score (nSPS) is 12.8. The number of hydrogen-bond acceptors (Lipinski definition) is 3. The first kappa shape index (κ1) is 25.1. The molecular formula is C41H28N2S. The van der Waals surface area contributed by atoms with Gasteiger partial charge in [0.05, 0.1) is 11.5 Å². The Bertz CT molecular complexity index is 2380. The summed E-state index contributed by atoms with van der Waals surface area (Å²) in [4.78, 5) is 2.39. The second-order valence-electron chi connectivity index (χ2n) is 11.4. The zero-order chi connectivity index (χ0) is 29.0. The Kier molecular flexibility index (Phi) is 5.78. The summed E-state index contributed by atoms with van der Waals surface area (Å²) in [5, 5.41) is 14.0. The van der Waals surface area contributed by atoms with Crippen molar-refractivity contribution in [2.24, 2.45) is 0 Å². The van der Waals surface area contributed by atoms with Crippen LogP contribution in [0.1, 0.15) is 5.56 Å². The van der Waals surface area contributed by atoms with Crippen LogP contribution in [0.15, 0.2) is 151 Å². The smallest absolute Gasteiger partial charge is 0.0972 e. The van der Waals surface area contributed by atoms with Gasteiger partial charge in [0.1, 0.15) is 0 Å². The lowest BCUT2D eigenvalue weighted by molar-refractivity contribution is 1.09. The zero-order valence-corrected chi connectivity index (χ0v) is 24.8. The fourth-order valence-electron chi connectivity index (χ4n) is 6.82. The first-order chi connectivity index (χ1) is 21.8. The summed E-state index contributed by atoms with van der Waals surface area (Å²) in [6.07, 6.45) is 2.37. The van der Waals surface area contributed by atoms with E-state index in [9.17, 15) is 0 Å². The van der Waals surface area contributed by atoms with Crippen LogP contribution in [0, 0.1) is 0 Å². The van der Waals surface area contributed by atoms with Crippen molar-refractivity contribution in [3.63, 3.8) is 0 Å². The summed E-state index contributed by atoms with van der Waals surface area (Å²) >= 11 is 1.83. The highest BCUT2D eigenvalue weighted by Gasteiger charge is 2.22. The molecule has 208 valence electrons. The molecule has 0 atom stereocenters. The molecule has 0 aliphatic carbocycles. The Hall–Kier alpha value is -5.38. The maximum absolute atomic E-state index is 3.72. The highest BCUT2D eigenvalue weighted by atomic mass is 32.1. The van der Waals surface area contributed by atoms with Gasteiger partial charge in [-0.1, -0.05) is 109 Å². The van der Waals surface area contributed by atoms with Crippen LogP contribution in [0.25, 0.3) is 59.6 Å². The Balaban J connectivity index is 1.19. The summed E-state index contributed by atoms with van der Waals surface area (Å²) < 4.78 is 1.31. The van der Waals surface area contributed by atoms with Gasteiger partial charge in [0.2, 0.25) is 0 Å². The number of rotatable bonds is 4. The van der Waals surface area contributed by atoms with Gasteiger partial charge in [0, 0.05) is 32.7 Å². The second kappa shape index (κ2) is 10.1. The predicted molar refractivity (Wildman–Crippen MR) is 191 cm³/mol. The van der Waals surface area contributed by atoms with Crippen molar-refractivity contribution in [1.82, 2.24) is 0 Å². The van der Waals surface area contributed by atoms with Gasteiger partial charge >= 0.3 is 0 Å². The average Bonchev–Trinajstić information content (AvgIpc) is 3.47. The summed E-state index contributed by atoms with van der Waals surface area (Å²) in [7, 11) is 0. The van der Waals surface area contributed by atoms with E-state index in [0.29, 0.717) is 0 Å². The van der Waals surface area contributed by atoms with Crippen LogP contribution < -0.4 is 10.2 Å². The van der Waals surface area contributed by atoms with Gasteiger partial charge in [-0.25, -0.2) is 0 Å². The van der Waals surface area contributed by atoms with E-state index in [-0.39, 0.29) is 0 Å². The lowest BCUT2D eigenvalue weighted by Gasteiger charge is -2.30. The number of fused-ring (bicyclic) bond motifs is 8. The van der Waals surface area contributed by atoms with E-state index >= 15 is 0 Å². The predicted octanol–water partition coefficient (Wildman–Crippen LogP) is 11.6. The summed E-state index contributed by atoms with van der Waals surface area (Å²) in [6.45, 7) is 0.763. The molecule has 44 heavy (non-hydrogen) atoms. The maximum Gasteiger partial charge on any atom is 0.0972 e. The van der Waals surface area contributed by atoms with Gasteiger partial charge in [0.15, 0.2) is 0 Å². The minimum atomic E-state index is 0.763. The molecule has 0 amide bonds. The largest absolute Gasteiger partial charge is 0.371 e. The number of para-hydroxylation sites is 1. The van der Waals surface area contributed by atoms with Gasteiger partial charge < -0.3 is 10.2 Å². The Labute approximate surface area is 260 Å². The van der Waals surface area contributed by atoms with E-state index in [0.717, 1.165) is 17.9 Å². The molecule has 3 heteroatoms. The number of nitrogens with one attached hydrogen (secondary N) is 1. The van der Waals surface area contributed by atoms with Crippen molar-refractivity contribution in [1.29, 1.82) is 0 Å². The molecule has 0 radical (unpaired) electrons. The minimum absolute atomic E-state index is 0.763. The van der Waals surface area contributed by atoms with E-state index in [1.807, 2.05) is 11.3 Å². The topological polar surface area (TPSA) is 15.3 Å². The van der Waals surface area contributed by atoms with E-state index in [2.05, 4.69) is 162 Å². The van der Waals surface area contributed by atoms with Crippen LogP contribution in [0.2, 0.25) is 0 Å². The minimum Gasteiger partial charge on any atom is -0.371 e. The average molecular weight is 581 g/mol. The van der Waals surface area contributed by atoms with Gasteiger partial charge in [-0.15, -0.1) is 11.3 Å². The quantitative estimate of drug-likeness (QED) is 0.208. The monoisotopic (exact) mass is 580 g/mol. The number of nitrogens with zero attached hydrogens (tertiary/aromatic N) is 1. The van der Waals surface area contributed by atoms with Crippen LogP contribution in [0.4, 0.5) is 16.4 Å². The highest BCUT2D eigenvalue weighted by molar-refractivity contribution is 7.23. The third-order valence-corrected chi connectivity index (χ3v) is 10.0. The molecule has 1 N–H and O–H groups in total. The first-order valence-electron chi connectivity index (χ1n) is 15.1. The van der Waals surface area contributed by atoms with E-state index in [4.69, 9.17) is 0 Å². The van der Waals surface area contributed by atoms with Crippen molar-refractivity contribution in [2.75, 3.05) is 16.8 Å². The molecule has 2 nitrogen and oxygen atoms in total. The van der Waals surface area contributed by atoms with Crippen molar-refractivity contribution in [2.45, 2.75) is 0 Å². The third-order valence-electron chi connectivity index (χ3n) is 8.88. The van der Waals surface area contributed by atoms with Crippen LogP contribution >= 0.6 is 11.3 Å². The summed E-state index contributed by atoms with van der Waals surface area (Å²) in [6, 6.07) is 52.9. The molecule has 0 fully saturated rings. The van der Waals surface area contributed by atoms with Gasteiger partial charge in [-0.05, 0) is 85.9 Å². The van der Waals surface area contributed by atoms with E-state index < -0.39 is 0 Å². The second-order valence-corrected chi connectivity index (χ2v) is 12.5. The highest BCUT2D eigenvalue weighted by Crippen LogP contribution is 2.43.